The van der Waals surface area contributed by atoms with E-state index in [4.69, 9.17) is 0 Å². The van der Waals surface area contributed by atoms with Gasteiger partial charge in [0, 0.05) is 16.7 Å². The molecule has 0 aliphatic heterocycles. The van der Waals surface area contributed by atoms with Gasteiger partial charge in [-0.15, -0.1) is 0 Å². The van der Waals surface area contributed by atoms with Gasteiger partial charge in [-0.05, 0) is 69.2 Å². The summed E-state index contributed by atoms with van der Waals surface area (Å²) in [6.45, 7) is 6.87. The lowest BCUT2D eigenvalue weighted by Crippen LogP contribution is -2.34. The molecule has 4 aromatic rings. The van der Waals surface area contributed by atoms with Gasteiger partial charge < -0.3 is 15.3 Å². The molecule has 0 atom stereocenters. The van der Waals surface area contributed by atoms with Crippen LogP contribution in [0.25, 0.3) is 11.0 Å². The number of fused-ring (bicyclic) bond motifs is 1. The minimum atomic E-state index is -4.19. The summed E-state index contributed by atoms with van der Waals surface area (Å²) in [6, 6.07) is 17.1. The summed E-state index contributed by atoms with van der Waals surface area (Å²) in [7, 11) is -4.19. The molecule has 1 heterocycles. The average molecular weight is 562 g/mol. The zero-order valence-electron chi connectivity index (χ0n) is 22.3. The zero-order valence-corrected chi connectivity index (χ0v) is 23.1. The third-order valence-corrected chi connectivity index (χ3v) is 7.65. The number of aryl methyl sites for hydroxylation is 3. The zero-order chi connectivity index (χ0) is 29.2. The first kappa shape index (κ1) is 28.2. The summed E-state index contributed by atoms with van der Waals surface area (Å²) in [5, 5.41) is 19.2. The molecule has 0 aliphatic carbocycles. The summed E-state index contributed by atoms with van der Waals surface area (Å²) >= 11 is 0. The average Bonchev–Trinajstić information content (AvgIpc) is 2.92. The first-order valence-corrected chi connectivity index (χ1v) is 13.7. The van der Waals surface area contributed by atoms with Crippen LogP contribution in [0.1, 0.15) is 39.3 Å². The lowest BCUT2D eigenvalue weighted by Gasteiger charge is -2.16. The predicted octanol–water partition coefficient (Wildman–Crippen LogP) is 3.68. The Kier molecular flexibility index (Phi) is 7.82. The lowest BCUT2D eigenvalue weighted by atomic mass is 10.1. The monoisotopic (exact) mass is 561 g/mol. The molecule has 0 bridgehead atoms. The van der Waals surface area contributed by atoms with E-state index in [9.17, 15) is 28.1 Å². The highest BCUT2D eigenvalue weighted by Crippen LogP contribution is 2.17. The van der Waals surface area contributed by atoms with Gasteiger partial charge >= 0.3 is 5.69 Å². The fourth-order valence-electron chi connectivity index (χ4n) is 3.98. The molecule has 1 aromatic heterocycles. The number of nitrogens with zero attached hydrogens (tertiary/aromatic N) is 3. The first-order chi connectivity index (χ1) is 18.9. The van der Waals surface area contributed by atoms with Crippen molar-refractivity contribution >= 4 is 44.1 Å². The number of carbonyl (C=O) groups excluding carboxylic acids is 2. The van der Waals surface area contributed by atoms with Crippen LogP contribution in [0.3, 0.4) is 0 Å². The highest BCUT2D eigenvalue weighted by molar-refractivity contribution is 7.89. The Hall–Kier alpha value is -4.84. The number of aromatic nitrogens is 2. The number of nitrogens with one attached hydrogen (secondary N) is 2. The second-order valence-corrected chi connectivity index (χ2v) is 11.0. The van der Waals surface area contributed by atoms with Crippen molar-refractivity contribution in [2.24, 2.45) is 5.10 Å². The number of hydrogen-bond acceptors (Lipinski definition) is 7. The van der Waals surface area contributed by atoms with Crippen molar-refractivity contribution in [1.29, 1.82) is 0 Å². The second-order valence-electron chi connectivity index (χ2n) is 9.33. The summed E-state index contributed by atoms with van der Waals surface area (Å²) < 4.78 is 26.5. The van der Waals surface area contributed by atoms with Crippen LogP contribution in [0, 0.1) is 37.8 Å². The van der Waals surface area contributed by atoms with Crippen molar-refractivity contribution in [3.63, 3.8) is 0 Å². The second kappa shape index (κ2) is 11.1. The molecule has 40 heavy (non-hydrogen) atoms. The molecule has 12 heteroatoms. The maximum Gasteiger partial charge on any atom is 0.325 e. The van der Waals surface area contributed by atoms with Gasteiger partial charge in [0.15, 0.2) is 0 Å². The third kappa shape index (κ3) is 5.76. The van der Waals surface area contributed by atoms with Crippen LogP contribution in [0.5, 0.6) is 0 Å². The predicted molar refractivity (Wildman–Crippen MR) is 151 cm³/mol. The largest absolute Gasteiger partial charge is 0.805 e. The molecule has 0 unspecified atom stereocenters. The van der Waals surface area contributed by atoms with Crippen LogP contribution in [0.2, 0.25) is 0 Å². The fourth-order valence-corrected chi connectivity index (χ4v) is 4.81. The number of sulfonamides is 1. The molecule has 0 fully saturated rings. The minimum Gasteiger partial charge on any atom is -0.805 e. The normalized spacial score (nSPS) is 11.8. The van der Waals surface area contributed by atoms with E-state index >= 15 is 0 Å². The number of anilines is 1. The summed E-state index contributed by atoms with van der Waals surface area (Å²) in [5.41, 5.74) is 1.99. The molecule has 0 spiro atoms. The molecular formula is C28H27N5O6S. The van der Waals surface area contributed by atoms with E-state index in [1.165, 1.54) is 31.2 Å². The van der Waals surface area contributed by atoms with Gasteiger partial charge in [0.05, 0.1) is 21.4 Å². The molecule has 2 N–H and O–H groups in total. The first-order valence-electron chi connectivity index (χ1n) is 12.2. The van der Waals surface area contributed by atoms with Crippen molar-refractivity contribution < 1.29 is 22.4 Å². The van der Waals surface area contributed by atoms with Gasteiger partial charge in [-0.2, -0.15) is 18.4 Å². The van der Waals surface area contributed by atoms with Crippen LogP contribution >= 0.6 is 0 Å². The molecule has 0 saturated heterocycles. The molecule has 206 valence electrons. The Morgan fingerprint density at radius 3 is 2.30 bits per heavy atom. The Bertz CT molecular complexity index is 1840. The Morgan fingerprint density at radius 2 is 1.62 bits per heavy atom. The summed E-state index contributed by atoms with van der Waals surface area (Å²) in [5.74, 6) is -1.76. The van der Waals surface area contributed by atoms with Crippen molar-refractivity contribution in [1.82, 2.24) is 9.56 Å². The van der Waals surface area contributed by atoms with Crippen LogP contribution in [0.4, 0.5) is 5.69 Å². The number of hydrazone groups is 1. The minimum absolute atomic E-state index is 0.0374. The Morgan fingerprint density at radius 1 is 0.950 bits per heavy atom. The highest BCUT2D eigenvalue weighted by Gasteiger charge is 2.30. The van der Waals surface area contributed by atoms with Crippen molar-refractivity contribution in [2.75, 3.05) is 5.32 Å². The van der Waals surface area contributed by atoms with Crippen LogP contribution < -0.4 is 14.6 Å². The van der Waals surface area contributed by atoms with Gasteiger partial charge in [-0.1, -0.05) is 35.9 Å². The molecule has 0 saturated carbocycles. The molecule has 4 rings (SSSR count). The van der Waals surface area contributed by atoms with Gasteiger partial charge in [0.1, 0.15) is 11.2 Å². The lowest BCUT2D eigenvalue weighted by molar-refractivity contribution is -0.468. The highest BCUT2D eigenvalue weighted by atomic mass is 32.2. The molecule has 0 radical (unpaired) electrons. The van der Waals surface area contributed by atoms with E-state index in [2.05, 4.69) is 10.4 Å². The number of ketones is 1. The Balaban J connectivity index is 1.72. The van der Waals surface area contributed by atoms with E-state index in [-0.39, 0.29) is 21.6 Å². The van der Waals surface area contributed by atoms with Crippen LogP contribution in [-0.2, 0) is 14.8 Å². The van der Waals surface area contributed by atoms with Crippen molar-refractivity contribution in [3.8, 4) is 0 Å². The number of hydrogen-bond donors (Lipinski definition) is 2. The molecule has 3 aromatic carbocycles. The third-order valence-electron chi connectivity index (χ3n) is 6.42. The van der Waals surface area contributed by atoms with E-state index in [0.29, 0.717) is 14.8 Å². The standard InChI is InChI=1S/C28H27N5O6S/c1-17-9-13-22(14-10-17)40(38,39)31-30-23(28(35)29-21-12-11-18(2)19(3)15-21)16-26(34)27-20(4)32(36)24-7-5-6-8-25(24)33(27)37/h5-15,31H,16H2,1-4H3,(H,29,35). The van der Waals surface area contributed by atoms with Gasteiger partial charge in [0.2, 0.25) is 5.78 Å². The number of amides is 1. The number of carbonyl (C=O) groups is 2. The van der Waals surface area contributed by atoms with Gasteiger partial charge in [-0.3, -0.25) is 9.59 Å². The topological polar surface area (TPSA) is 156 Å². The number of rotatable bonds is 8. The van der Waals surface area contributed by atoms with E-state index in [1.807, 2.05) is 18.7 Å². The number of para-hydroxylation sites is 2. The molecular weight excluding hydrogens is 534 g/mol. The van der Waals surface area contributed by atoms with Crippen molar-refractivity contribution in [2.45, 2.75) is 39.0 Å². The molecule has 1 amide bonds. The molecule has 0 aliphatic rings. The van der Waals surface area contributed by atoms with Crippen LogP contribution in [-0.4, -0.2) is 30.6 Å². The van der Waals surface area contributed by atoms with E-state index in [1.54, 1.807) is 49.4 Å². The number of benzene rings is 3. The van der Waals surface area contributed by atoms with Gasteiger partial charge in [-0.25, -0.2) is 0 Å². The maximum atomic E-state index is 13.4. The van der Waals surface area contributed by atoms with Crippen LogP contribution in [0.15, 0.2) is 76.7 Å². The SMILES string of the molecule is Cc1ccc(S(=O)(=O)NN=C(CC(=O)c2c(C)n([O-])c3ccccc3[n+]2=O)C(=O)Nc2ccc(C)c(C)c2)cc1. The van der Waals surface area contributed by atoms with E-state index < -0.39 is 39.5 Å². The van der Waals surface area contributed by atoms with Gasteiger partial charge in [0.25, 0.3) is 21.4 Å². The summed E-state index contributed by atoms with van der Waals surface area (Å²) in [4.78, 5) is 41.6. The van der Waals surface area contributed by atoms with E-state index in [0.717, 1.165) is 16.7 Å². The Labute approximate surface area is 230 Å². The van der Waals surface area contributed by atoms with Crippen molar-refractivity contribution in [3.05, 3.63) is 105 Å². The molecule has 11 nitrogen and oxygen atoms in total. The maximum absolute atomic E-state index is 13.4. The fraction of sp³-hybridized carbons (Fsp3) is 0.179. The quantitative estimate of drug-likeness (QED) is 0.145. The summed E-state index contributed by atoms with van der Waals surface area (Å²) in [6.07, 6.45) is -0.769. The number of Topliss-reactive ketones (excluding diaryl/α,β-unsaturated/α-hetero) is 1. The smallest absolute Gasteiger partial charge is 0.325 e.